The zero-order valence-electron chi connectivity index (χ0n) is 10.4. The van der Waals surface area contributed by atoms with Gasteiger partial charge in [-0.15, -0.1) is 0 Å². The molecule has 0 aromatic heterocycles. The molecule has 0 atom stereocenters. The van der Waals surface area contributed by atoms with Crippen LogP contribution < -0.4 is 5.32 Å². The lowest BCUT2D eigenvalue weighted by atomic mass is 9.89. The van der Waals surface area contributed by atoms with Gasteiger partial charge in [0.2, 0.25) is 0 Å². The first-order valence-corrected chi connectivity index (χ1v) is 6.45. The fraction of sp³-hybridized carbons (Fsp3) is 0.467. The smallest absolute Gasteiger partial charge is 0.0604 e. The lowest BCUT2D eigenvalue weighted by Gasteiger charge is -2.35. The van der Waals surface area contributed by atoms with Gasteiger partial charge in [-0.05, 0) is 25.3 Å². The standard InChI is InChI=1S/C15H21NO/c1-2-17-15-11-14(12-15)16-10-6-9-13-7-4-3-5-8-13/h3-9,14-16H,2,10-12H2,1H3/b9-6+. The van der Waals surface area contributed by atoms with Crippen LogP contribution in [0.3, 0.4) is 0 Å². The Morgan fingerprint density at radius 3 is 2.76 bits per heavy atom. The van der Waals surface area contributed by atoms with Crippen LogP contribution in [0.15, 0.2) is 36.4 Å². The summed E-state index contributed by atoms with van der Waals surface area (Å²) >= 11 is 0. The molecule has 2 nitrogen and oxygen atoms in total. The van der Waals surface area contributed by atoms with Gasteiger partial charge >= 0.3 is 0 Å². The Morgan fingerprint density at radius 1 is 1.29 bits per heavy atom. The fourth-order valence-corrected chi connectivity index (χ4v) is 2.10. The van der Waals surface area contributed by atoms with Crippen molar-refractivity contribution in [3.8, 4) is 0 Å². The van der Waals surface area contributed by atoms with E-state index in [4.69, 9.17) is 4.74 Å². The van der Waals surface area contributed by atoms with Crippen LogP contribution in [-0.4, -0.2) is 25.3 Å². The first-order valence-electron chi connectivity index (χ1n) is 6.45. The van der Waals surface area contributed by atoms with Crippen molar-refractivity contribution in [1.82, 2.24) is 5.32 Å². The SMILES string of the molecule is CCOC1CC(NC/C=C/c2ccccc2)C1. The third kappa shape index (κ3) is 3.99. The van der Waals surface area contributed by atoms with Crippen LogP contribution in [0.1, 0.15) is 25.3 Å². The van der Waals surface area contributed by atoms with Crippen molar-refractivity contribution in [2.75, 3.05) is 13.2 Å². The number of rotatable bonds is 6. The van der Waals surface area contributed by atoms with Crippen LogP contribution in [0.4, 0.5) is 0 Å². The maximum atomic E-state index is 5.53. The van der Waals surface area contributed by atoms with E-state index < -0.39 is 0 Å². The molecule has 0 bridgehead atoms. The predicted octanol–water partition coefficient (Wildman–Crippen LogP) is 2.86. The second-order valence-electron chi connectivity index (χ2n) is 4.47. The van der Waals surface area contributed by atoms with Gasteiger partial charge in [0.05, 0.1) is 6.10 Å². The number of hydrogen-bond donors (Lipinski definition) is 1. The molecule has 1 fully saturated rings. The van der Waals surface area contributed by atoms with Crippen LogP contribution in [0.2, 0.25) is 0 Å². The van der Waals surface area contributed by atoms with E-state index in [1.54, 1.807) is 0 Å². The molecule has 1 aliphatic rings. The molecule has 0 saturated heterocycles. The molecule has 0 aliphatic heterocycles. The largest absolute Gasteiger partial charge is 0.378 e. The molecule has 0 spiro atoms. The summed E-state index contributed by atoms with van der Waals surface area (Å²) in [7, 11) is 0. The Bertz CT molecular complexity index is 341. The summed E-state index contributed by atoms with van der Waals surface area (Å²) in [4.78, 5) is 0. The molecule has 0 heterocycles. The van der Waals surface area contributed by atoms with Gasteiger partial charge < -0.3 is 10.1 Å². The summed E-state index contributed by atoms with van der Waals surface area (Å²) in [6.07, 6.45) is 7.16. The second kappa shape index (κ2) is 6.58. The highest BCUT2D eigenvalue weighted by Crippen LogP contribution is 2.22. The third-order valence-electron chi connectivity index (χ3n) is 3.13. The molecule has 2 rings (SSSR count). The van der Waals surface area contributed by atoms with Gasteiger partial charge in [-0.1, -0.05) is 42.5 Å². The van der Waals surface area contributed by atoms with E-state index in [0.29, 0.717) is 12.1 Å². The first kappa shape index (κ1) is 12.3. The highest BCUT2D eigenvalue weighted by atomic mass is 16.5. The van der Waals surface area contributed by atoms with Gasteiger partial charge in [0.15, 0.2) is 0 Å². The summed E-state index contributed by atoms with van der Waals surface area (Å²) in [6.45, 7) is 3.84. The lowest BCUT2D eigenvalue weighted by Crippen LogP contribution is -2.45. The van der Waals surface area contributed by atoms with Crippen LogP contribution in [0.25, 0.3) is 6.08 Å². The third-order valence-corrected chi connectivity index (χ3v) is 3.13. The second-order valence-corrected chi connectivity index (χ2v) is 4.47. The Morgan fingerprint density at radius 2 is 2.06 bits per heavy atom. The van der Waals surface area contributed by atoms with Crippen molar-refractivity contribution >= 4 is 6.08 Å². The fourth-order valence-electron chi connectivity index (χ4n) is 2.10. The normalized spacial score (nSPS) is 23.8. The van der Waals surface area contributed by atoms with Gasteiger partial charge in [-0.3, -0.25) is 0 Å². The number of benzene rings is 1. The maximum Gasteiger partial charge on any atom is 0.0604 e. The van der Waals surface area contributed by atoms with Crippen molar-refractivity contribution < 1.29 is 4.74 Å². The van der Waals surface area contributed by atoms with Crippen LogP contribution in [0, 0.1) is 0 Å². The van der Waals surface area contributed by atoms with E-state index in [9.17, 15) is 0 Å². The molecule has 1 N–H and O–H groups in total. The minimum Gasteiger partial charge on any atom is -0.378 e. The molecule has 1 aromatic carbocycles. The topological polar surface area (TPSA) is 21.3 Å². The average molecular weight is 231 g/mol. The summed E-state index contributed by atoms with van der Waals surface area (Å²) in [6, 6.07) is 11.0. The Balaban J connectivity index is 1.60. The predicted molar refractivity (Wildman–Crippen MR) is 71.9 cm³/mol. The zero-order chi connectivity index (χ0) is 11.9. The van der Waals surface area contributed by atoms with Gasteiger partial charge in [0.25, 0.3) is 0 Å². The Labute approximate surface area is 104 Å². The maximum absolute atomic E-state index is 5.53. The van der Waals surface area contributed by atoms with Crippen molar-refractivity contribution in [2.24, 2.45) is 0 Å². The van der Waals surface area contributed by atoms with E-state index >= 15 is 0 Å². The van der Waals surface area contributed by atoms with Crippen LogP contribution >= 0.6 is 0 Å². The Kier molecular flexibility index (Phi) is 4.77. The summed E-state index contributed by atoms with van der Waals surface area (Å²) in [5.41, 5.74) is 1.26. The number of ether oxygens (including phenoxy) is 1. The quantitative estimate of drug-likeness (QED) is 0.813. The molecule has 2 heteroatoms. The summed E-state index contributed by atoms with van der Waals surface area (Å²) < 4.78 is 5.53. The minimum absolute atomic E-state index is 0.496. The average Bonchev–Trinajstić information content (AvgIpc) is 2.32. The minimum atomic E-state index is 0.496. The van der Waals surface area contributed by atoms with E-state index in [0.717, 1.165) is 26.0 Å². The molecule has 1 aromatic rings. The van der Waals surface area contributed by atoms with Crippen molar-refractivity contribution in [2.45, 2.75) is 31.9 Å². The summed E-state index contributed by atoms with van der Waals surface area (Å²) in [5.74, 6) is 0. The monoisotopic (exact) mass is 231 g/mol. The Hall–Kier alpha value is -1.12. The number of nitrogens with one attached hydrogen (secondary N) is 1. The molecule has 0 radical (unpaired) electrons. The molecule has 17 heavy (non-hydrogen) atoms. The van der Waals surface area contributed by atoms with Crippen LogP contribution in [-0.2, 0) is 4.74 Å². The first-order chi connectivity index (χ1) is 8.38. The van der Waals surface area contributed by atoms with Crippen molar-refractivity contribution in [3.63, 3.8) is 0 Å². The van der Waals surface area contributed by atoms with Crippen LogP contribution in [0.5, 0.6) is 0 Å². The zero-order valence-corrected chi connectivity index (χ0v) is 10.4. The molecular formula is C15H21NO. The molecule has 1 saturated carbocycles. The van der Waals surface area contributed by atoms with E-state index in [1.807, 2.05) is 6.07 Å². The van der Waals surface area contributed by atoms with E-state index in [2.05, 4.69) is 48.7 Å². The lowest BCUT2D eigenvalue weighted by molar-refractivity contribution is -0.00897. The molecule has 1 aliphatic carbocycles. The molecule has 92 valence electrons. The van der Waals surface area contributed by atoms with E-state index in [1.165, 1.54) is 5.56 Å². The molecule has 0 unspecified atom stereocenters. The summed E-state index contributed by atoms with van der Waals surface area (Å²) in [5, 5.41) is 3.51. The molecule has 0 amide bonds. The van der Waals surface area contributed by atoms with Gasteiger partial charge in [-0.2, -0.15) is 0 Å². The van der Waals surface area contributed by atoms with Crippen molar-refractivity contribution in [3.05, 3.63) is 42.0 Å². The van der Waals surface area contributed by atoms with Gasteiger partial charge in [0, 0.05) is 19.2 Å². The highest BCUT2D eigenvalue weighted by Gasteiger charge is 2.28. The highest BCUT2D eigenvalue weighted by molar-refractivity contribution is 5.48. The van der Waals surface area contributed by atoms with Gasteiger partial charge in [-0.25, -0.2) is 0 Å². The van der Waals surface area contributed by atoms with Crippen molar-refractivity contribution in [1.29, 1.82) is 0 Å². The number of hydrogen-bond acceptors (Lipinski definition) is 2. The molecular weight excluding hydrogens is 210 g/mol. The van der Waals surface area contributed by atoms with Gasteiger partial charge in [0.1, 0.15) is 0 Å². The van der Waals surface area contributed by atoms with E-state index in [-0.39, 0.29) is 0 Å².